The zero-order chi connectivity index (χ0) is 10.4. The highest BCUT2D eigenvalue weighted by Gasteiger charge is 2.40. The summed E-state index contributed by atoms with van der Waals surface area (Å²) in [6.07, 6.45) is 1.35. The second kappa shape index (κ2) is 3.42. The van der Waals surface area contributed by atoms with Crippen LogP contribution in [-0.2, 0) is 0 Å². The van der Waals surface area contributed by atoms with Crippen molar-refractivity contribution in [2.24, 2.45) is 5.92 Å². The molecule has 15 heavy (non-hydrogen) atoms. The van der Waals surface area contributed by atoms with E-state index in [0.29, 0.717) is 5.92 Å². The molecule has 0 spiro atoms. The topological polar surface area (TPSA) is 32.3 Å². The minimum atomic E-state index is 0.657. The Morgan fingerprint density at radius 2 is 2.27 bits per heavy atom. The van der Waals surface area contributed by atoms with Crippen LogP contribution >= 0.6 is 11.5 Å². The predicted octanol–water partition coefficient (Wildman–Crippen LogP) is 1.02. The van der Waals surface area contributed by atoms with E-state index in [9.17, 15) is 0 Å². The lowest BCUT2D eigenvalue weighted by Gasteiger charge is -2.19. The summed E-state index contributed by atoms with van der Waals surface area (Å²) in [7, 11) is 3.99. The van der Waals surface area contributed by atoms with Crippen LogP contribution in [0.1, 0.15) is 17.3 Å². The van der Waals surface area contributed by atoms with Gasteiger partial charge in [-0.15, -0.1) is 0 Å². The maximum Gasteiger partial charge on any atom is 0.236 e. The molecule has 1 aromatic heterocycles. The van der Waals surface area contributed by atoms with E-state index in [1.807, 2.05) is 19.0 Å². The number of fused-ring (bicyclic) bond motifs is 2. The summed E-state index contributed by atoms with van der Waals surface area (Å²) in [5.74, 6) is 2.37. The summed E-state index contributed by atoms with van der Waals surface area (Å²) in [5.41, 5.74) is 0. The molecule has 0 radical (unpaired) electrons. The van der Waals surface area contributed by atoms with Gasteiger partial charge in [-0.25, -0.2) is 4.98 Å². The average Bonchev–Trinajstić information content (AvgIpc) is 2.93. The summed E-state index contributed by atoms with van der Waals surface area (Å²) in [5, 5.41) is 1.24. The van der Waals surface area contributed by atoms with Crippen molar-refractivity contribution in [2.45, 2.75) is 12.3 Å². The third-order valence-corrected chi connectivity index (χ3v) is 4.32. The van der Waals surface area contributed by atoms with Crippen molar-refractivity contribution in [3.05, 3.63) is 5.01 Å². The summed E-state index contributed by atoms with van der Waals surface area (Å²) >= 11 is 1.59. The molecular formula is C10H16N4S. The average molecular weight is 224 g/mol. The largest absolute Gasteiger partial charge is 0.346 e. The Labute approximate surface area is 94.1 Å². The van der Waals surface area contributed by atoms with Crippen molar-refractivity contribution in [1.29, 1.82) is 0 Å². The molecule has 2 bridgehead atoms. The molecule has 0 aromatic carbocycles. The van der Waals surface area contributed by atoms with Crippen LogP contribution in [0.5, 0.6) is 0 Å². The standard InChI is InChI=1S/C10H16N4S/c1-13(2)10-11-9(15-12-10)8-6-14-4-3-7(8)5-14/h7-8H,3-6H2,1-2H3/t7-,8-/m0/s1. The molecule has 0 amide bonds. The van der Waals surface area contributed by atoms with Crippen molar-refractivity contribution in [1.82, 2.24) is 14.3 Å². The van der Waals surface area contributed by atoms with Crippen LogP contribution in [-0.4, -0.2) is 48.0 Å². The Morgan fingerprint density at radius 3 is 2.80 bits per heavy atom. The van der Waals surface area contributed by atoms with E-state index in [2.05, 4.69) is 14.3 Å². The first-order valence-electron chi connectivity index (χ1n) is 5.47. The van der Waals surface area contributed by atoms with Crippen molar-refractivity contribution in [3.8, 4) is 0 Å². The summed E-state index contributed by atoms with van der Waals surface area (Å²) in [4.78, 5) is 9.14. The fraction of sp³-hybridized carbons (Fsp3) is 0.800. The number of hydrogen-bond donors (Lipinski definition) is 0. The van der Waals surface area contributed by atoms with E-state index in [1.54, 1.807) is 11.5 Å². The Balaban J connectivity index is 1.81. The van der Waals surface area contributed by atoms with Gasteiger partial charge in [0.2, 0.25) is 5.95 Å². The zero-order valence-corrected chi connectivity index (χ0v) is 10.00. The highest BCUT2D eigenvalue weighted by molar-refractivity contribution is 7.05. The normalized spacial score (nSPS) is 33.6. The third kappa shape index (κ3) is 1.54. The van der Waals surface area contributed by atoms with E-state index < -0.39 is 0 Å². The highest BCUT2D eigenvalue weighted by atomic mass is 32.1. The van der Waals surface area contributed by atoms with Crippen molar-refractivity contribution >= 4 is 17.5 Å². The van der Waals surface area contributed by atoms with Crippen LogP contribution in [0.15, 0.2) is 0 Å². The van der Waals surface area contributed by atoms with E-state index >= 15 is 0 Å². The quantitative estimate of drug-likeness (QED) is 0.751. The van der Waals surface area contributed by atoms with Gasteiger partial charge in [0.25, 0.3) is 0 Å². The molecule has 3 rings (SSSR count). The SMILES string of the molecule is CN(C)c1nsc([C@H]2CN3CC[C@H]2C3)n1. The number of anilines is 1. The molecule has 0 saturated carbocycles. The van der Waals surface area contributed by atoms with Gasteiger partial charge in [0, 0.05) is 33.1 Å². The fourth-order valence-electron chi connectivity index (χ4n) is 2.62. The Morgan fingerprint density at radius 1 is 1.40 bits per heavy atom. The molecular weight excluding hydrogens is 208 g/mol. The molecule has 2 saturated heterocycles. The first-order chi connectivity index (χ1) is 7.24. The minimum absolute atomic E-state index is 0.657. The minimum Gasteiger partial charge on any atom is -0.346 e. The maximum absolute atomic E-state index is 4.62. The molecule has 3 heterocycles. The second-order valence-electron chi connectivity index (χ2n) is 4.74. The van der Waals surface area contributed by atoms with Crippen LogP contribution in [0.4, 0.5) is 5.95 Å². The number of rotatable bonds is 2. The van der Waals surface area contributed by atoms with Gasteiger partial charge in [-0.05, 0) is 30.4 Å². The molecule has 3 atom stereocenters. The molecule has 2 fully saturated rings. The van der Waals surface area contributed by atoms with E-state index in [4.69, 9.17) is 0 Å². The van der Waals surface area contributed by atoms with E-state index in [1.165, 1.54) is 31.1 Å². The molecule has 82 valence electrons. The van der Waals surface area contributed by atoms with Crippen LogP contribution in [0.3, 0.4) is 0 Å². The molecule has 0 N–H and O–H groups in total. The Kier molecular flexibility index (Phi) is 2.17. The smallest absolute Gasteiger partial charge is 0.236 e. The molecule has 5 heteroatoms. The lowest BCUT2D eigenvalue weighted by molar-refractivity contribution is 0.346. The van der Waals surface area contributed by atoms with E-state index in [-0.39, 0.29) is 0 Å². The van der Waals surface area contributed by atoms with Gasteiger partial charge < -0.3 is 9.80 Å². The molecule has 0 aliphatic carbocycles. The monoisotopic (exact) mass is 224 g/mol. The summed E-state index contributed by atoms with van der Waals surface area (Å²) in [6, 6.07) is 0. The lowest BCUT2D eigenvalue weighted by atomic mass is 9.93. The van der Waals surface area contributed by atoms with Gasteiger partial charge in [-0.1, -0.05) is 0 Å². The van der Waals surface area contributed by atoms with Gasteiger partial charge in [0.05, 0.1) is 0 Å². The zero-order valence-electron chi connectivity index (χ0n) is 9.18. The summed E-state index contributed by atoms with van der Waals surface area (Å²) < 4.78 is 4.38. The molecule has 1 aromatic rings. The number of piperidine rings is 1. The van der Waals surface area contributed by atoms with Gasteiger partial charge in [-0.2, -0.15) is 4.37 Å². The van der Waals surface area contributed by atoms with Gasteiger partial charge >= 0.3 is 0 Å². The van der Waals surface area contributed by atoms with Crippen molar-refractivity contribution in [2.75, 3.05) is 38.6 Å². The Bertz CT molecular complexity index is 362. The third-order valence-electron chi connectivity index (χ3n) is 3.48. The number of aromatic nitrogens is 2. The van der Waals surface area contributed by atoms with Crippen molar-refractivity contribution < 1.29 is 0 Å². The maximum atomic E-state index is 4.62. The molecule has 2 aliphatic heterocycles. The molecule has 2 aliphatic rings. The summed E-state index contributed by atoms with van der Waals surface area (Å²) in [6.45, 7) is 3.77. The van der Waals surface area contributed by atoms with Gasteiger partial charge in [-0.3, -0.25) is 0 Å². The van der Waals surface area contributed by atoms with Crippen molar-refractivity contribution in [3.63, 3.8) is 0 Å². The lowest BCUT2D eigenvalue weighted by Crippen LogP contribution is -2.22. The fourth-order valence-corrected chi connectivity index (χ4v) is 3.53. The number of hydrogen-bond acceptors (Lipinski definition) is 5. The Hall–Kier alpha value is -0.680. The van der Waals surface area contributed by atoms with Crippen LogP contribution in [0.25, 0.3) is 0 Å². The van der Waals surface area contributed by atoms with Crippen LogP contribution in [0, 0.1) is 5.92 Å². The number of nitrogens with zero attached hydrogens (tertiary/aromatic N) is 4. The van der Waals surface area contributed by atoms with Crippen LogP contribution in [0.2, 0.25) is 0 Å². The molecule has 1 unspecified atom stereocenters. The first-order valence-corrected chi connectivity index (χ1v) is 6.24. The second-order valence-corrected chi connectivity index (χ2v) is 5.53. The van der Waals surface area contributed by atoms with E-state index in [0.717, 1.165) is 11.9 Å². The molecule has 4 nitrogen and oxygen atoms in total. The van der Waals surface area contributed by atoms with Gasteiger partial charge in [0.15, 0.2) is 0 Å². The predicted molar refractivity (Wildman–Crippen MR) is 61.5 cm³/mol. The first kappa shape index (κ1) is 9.54. The van der Waals surface area contributed by atoms with Crippen LogP contribution < -0.4 is 4.90 Å². The highest BCUT2D eigenvalue weighted by Crippen LogP contribution is 2.40. The van der Waals surface area contributed by atoms with Gasteiger partial charge in [0.1, 0.15) is 5.01 Å².